The number of halogens is 1. The number of hydrogen-bond donors (Lipinski definition) is 2. The van der Waals surface area contributed by atoms with Crippen molar-refractivity contribution in [2.45, 2.75) is 45.3 Å². The normalized spacial score (nSPS) is 13.4. The number of nitrogens with one attached hydrogen (secondary N) is 1. The van der Waals surface area contributed by atoms with Crippen molar-refractivity contribution < 1.29 is 14.2 Å². The summed E-state index contributed by atoms with van der Waals surface area (Å²) in [5.41, 5.74) is 0.0328. The summed E-state index contributed by atoms with van der Waals surface area (Å²) >= 11 is 0. The molecule has 0 saturated carbocycles. The van der Waals surface area contributed by atoms with Gasteiger partial charge in [-0.1, -0.05) is 19.9 Å². The summed E-state index contributed by atoms with van der Waals surface area (Å²) in [6.07, 6.45) is 1.21. The molecule has 0 bridgehead atoms. The second-order valence-corrected chi connectivity index (χ2v) is 4.91. The van der Waals surface area contributed by atoms with Gasteiger partial charge in [-0.15, -0.1) is 0 Å². The van der Waals surface area contributed by atoms with Crippen LogP contribution in [-0.4, -0.2) is 24.4 Å². The number of hydrogen-bond acceptors (Lipinski definition) is 3. The van der Waals surface area contributed by atoms with E-state index in [2.05, 4.69) is 5.32 Å². The van der Waals surface area contributed by atoms with Crippen LogP contribution in [0.2, 0.25) is 0 Å². The predicted octanol–water partition coefficient (Wildman–Crippen LogP) is 3.04. The number of rotatable bonds is 7. The minimum absolute atomic E-state index is 0.0620. The van der Waals surface area contributed by atoms with Crippen molar-refractivity contribution in [1.29, 1.82) is 0 Å². The van der Waals surface area contributed by atoms with E-state index in [-0.39, 0.29) is 18.5 Å². The zero-order valence-corrected chi connectivity index (χ0v) is 12.2. The van der Waals surface area contributed by atoms with E-state index < -0.39 is 5.60 Å². The monoisotopic (exact) mass is 269 g/mol. The highest BCUT2D eigenvalue weighted by Gasteiger charge is 2.24. The molecule has 1 unspecified atom stereocenters. The maximum Gasteiger partial charge on any atom is 0.127 e. The van der Waals surface area contributed by atoms with Gasteiger partial charge in [0.1, 0.15) is 18.2 Å². The zero-order chi connectivity index (χ0) is 14.5. The molecule has 4 heteroatoms. The van der Waals surface area contributed by atoms with Crippen LogP contribution in [0.5, 0.6) is 5.75 Å². The second-order valence-electron chi connectivity index (χ2n) is 4.91. The zero-order valence-electron chi connectivity index (χ0n) is 12.2. The Bertz CT molecular complexity index is 405. The number of ether oxygens (including phenoxy) is 1. The molecule has 0 aliphatic rings. The van der Waals surface area contributed by atoms with E-state index in [0.29, 0.717) is 18.6 Å². The Morgan fingerprint density at radius 2 is 2.00 bits per heavy atom. The van der Waals surface area contributed by atoms with Crippen LogP contribution in [0.4, 0.5) is 4.39 Å². The maximum atomic E-state index is 13.3. The first-order valence-corrected chi connectivity index (χ1v) is 6.77. The predicted molar refractivity (Wildman–Crippen MR) is 74.9 cm³/mol. The van der Waals surface area contributed by atoms with E-state index in [1.807, 2.05) is 27.8 Å². The van der Waals surface area contributed by atoms with E-state index >= 15 is 0 Å². The Labute approximate surface area is 114 Å². The van der Waals surface area contributed by atoms with E-state index in [4.69, 9.17) is 4.74 Å². The molecule has 0 saturated heterocycles. The van der Waals surface area contributed by atoms with Gasteiger partial charge in [0.25, 0.3) is 0 Å². The molecule has 0 amide bonds. The van der Waals surface area contributed by atoms with Gasteiger partial charge in [-0.25, -0.2) is 4.39 Å². The Morgan fingerprint density at radius 1 is 1.37 bits per heavy atom. The molecular formula is C15H24FNO2. The highest BCUT2D eigenvalue weighted by atomic mass is 19.1. The molecule has 0 aromatic heterocycles. The molecule has 108 valence electrons. The summed E-state index contributed by atoms with van der Waals surface area (Å²) in [4.78, 5) is 0. The fourth-order valence-electron chi connectivity index (χ4n) is 1.81. The fourth-order valence-corrected chi connectivity index (χ4v) is 1.81. The molecule has 19 heavy (non-hydrogen) atoms. The molecule has 1 aromatic rings. The molecule has 1 atom stereocenters. The van der Waals surface area contributed by atoms with Crippen LogP contribution in [0.25, 0.3) is 0 Å². The summed E-state index contributed by atoms with van der Waals surface area (Å²) in [5.74, 6) is 0.153. The van der Waals surface area contributed by atoms with Crippen molar-refractivity contribution in [1.82, 2.24) is 5.32 Å². The summed E-state index contributed by atoms with van der Waals surface area (Å²) in [6, 6.07) is 4.56. The van der Waals surface area contributed by atoms with Crippen LogP contribution in [0, 0.1) is 5.82 Å². The quantitative estimate of drug-likeness (QED) is 0.799. The average Bonchev–Trinajstić information content (AvgIpc) is 2.44. The lowest BCUT2D eigenvalue weighted by Gasteiger charge is -2.26. The molecule has 0 radical (unpaired) electrons. The lowest BCUT2D eigenvalue weighted by Crippen LogP contribution is -2.34. The molecule has 0 spiro atoms. The molecule has 2 N–H and O–H groups in total. The Kier molecular flexibility index (Phi) is 5.76. The van der Waals surface area contributed by atoms with Crippen LogP contribution >= 0.6 is 0 Å². The van der Waals surface area contributed by atoms with Gasteiger partial charge in [-0.05, 0) is 32.9 Å². The van der Waals surface area contributed by atoms with E-state index in [1.54, 1.807) is 6.07 Å². The van der Waals surface area contributed by atoms with Gasteiger partial charge < -0.3 is 15.2 Å². The Balaban J connectivity index is 2.90. The third kappa shape index (κ3) is 4.18. The topological polar surface area (TPSA) is 41.5 Å². The van der Waals surface area contributed by atoms with Crippen molar-refractivity contribution in [3.63, 3.8) is 0 Å². The van der Waals surface area contributed by atoms with Gasteiger partial charge in [-0.3, -0.25) is 0 Å². The molecule has 1 aromatic carbocycles. The van der Waals surface area contributed by atoms with Gasteiger partial charge in [0.05, 0.1) is 5.60 Å². The summed E-state index contributed by atoms with van der Waals surface area (Å²) in [6.45, 7) is 5.98. The SMILES string of the molecule is CCC(O)(CC)COc1cc(F)ccc1C(C)NC. The molecule has 0 aliphatic heterocycles. The maximum absolute atomic E-state index is 13.3. The third-order valence-corrected chi connectivity index (χ3v) is 3.69. The van der Waals surface area contributed by atoms with Gasteiger partial charge in [0, 0.05) is 17.7 Å². The third-order valence-electron chi connectivity index (χ3n) is 3.69. The molecule has 0 heterocycles. The fraction of sp³-hybridized carbons (Fsp3) is 0.600. The summed E-state index contributed by atoms with van der Waals surface area (Å²) < 4.78 is 19.0. The van der Waals surface area contributed by atoms with Gasteiger partial charge in [0.15, 0.2) is 0 Å². The van der Waals surface area contributed by atoms with Crippen molar-refractivity contribution in [2.24, 2.45) is 0 Å². The van der Waals surface area contributed by atoms with Crippen molar-refractivity contribution in [2.75, 3.05) is 13.7 Å². The lowest BCUT2D eigenvalue weighted by atomic mass is 9.99. The minimum atomic E-state index is -0.855. The van der Waals surface area contributed by atoms with Crippen LogP contribution in [0.3, 0.4) is 0 Å². The average molecular weight is 269 g/mol. The van der Waals surface area contributed by atoms with Gasteiger partial charge in [-0.2, -0.15) is 0 Å². The summed E-state index contributed by atoms with van der Waals surface area (Å²) in [5, 5.41) is 13.3. The number of benzene rings is 1. The van der Waals surface area contributed by atoms with Crippen LogP contribution < -0.4 is 10.1 Å². The highest BCUT2D eigenvalue weighted by molar-refractivity contribution is 5.36. The largest absolute Gasteiger partial charge is 0.490 e. The smallest absolute Gasteiger partial charge is 0.127 e. The molecular weight excluding hydrogens is 245 g/mol. The molecule has 0 aliphatic carbocycles. The minimum Gasteiger partial charge on any atom is -0.490 e. The van der Waals surface area contributed by atoms with Crippen LogP contribution in [-0.2, 0) is 0 Å². The first-order valence-electron chi connectivity index (χ1n) is 6.77. The second kappa shape index (κ2) is 6.87. The molecule has 1 rings (SSSR count). The standard InChI is InChI=1S/C15H24FNO2/c1-5-15(18,6-2)10-19-14-9-12(16)7-8-13(14)11(3)17-4/h7-9,11,17-18H,5-6,10H2,1-4H3. The van der Waals surface area contributed by atoms with Gasteiger partial charge >= 0.3 is 0 Å². The van der Waals surface area contributed by atoms with E-state index in [0.717, 1.165) is 5.56 Å². The van der Waals surface area contributed by atoms with Crippen molar-refractivity contribution in [3.8, 4) is 5.75 Å². The number of aliphatic hydroxyl groups is 1. The van der Waals surface area contributed by atoms with Gasteiger partial charge in [0.2, 0.25) is 0 Å². The van der Waals surface area contributed by atoms with E-state index in [1.165, 1.54) is 12.1 Å². The van der Waals surface area contributed by atoms with Crippen LogP contribution in [0.1, 0.15) is 45.2 Å². The molecule has 3 nitrogen and oxygen atoms in total. The first-order chi connectivity index (χ1) is 8.95. The van der Waals surface area contributed by atoms with Crippen molar-refractivity contribution in [3.05, 3.63) is 29.6 Å². The molecule has 0 fully saturated rings. The van der Waals surface area contributed by atoms with Crippen LogP contribution in [0.15, 0.2) is 18.2 Å². The van der Waals surface area contributed by atoms with Crippen molar-refractivity contribution >= 4 is 0 Å². The highest BCUT2D eigenvalue weighted by Crippen LogP contribution is 2.27. The lowest BCUT2D eigenvalue weighted by molar-refractivity contribution is -0.0117. The van der Waals surface area contributed by atoms with E-state index in [9.17, 15) is 9.50 Å². The first kappa shape index (κ1) is 15.9. The Hall–Kier alpha value is -1.13. The Morgan fingerprint density at radius 3 is 2.53 bits per heavy atom. The summed E-state index contributed by atoms with van der Waals surface area (Å²) in [7, 11) is 1.84.